The largest absolute Gasteiger partial charge is 0.195 e. The highest BCUT2D eigenvalue weighted by molar-refractivity contribution is 7.99. The number of hydrogen-bond acceptors (Lipinski definition) is 4. The van der Waals surface area contributed by atoms with Gasteiger partial charge in [0.05, 0.1) is 5.92 Å². The minimum Gasteiger partial charge on any atom is -0.195 e. The van der Waals surface area contributed by atoms with E-state index >= 15 is 0 Å². The molecule has 0 N–H and O–H groups in total. The highest BCUT2D eigenvalue weighted by Gasteiger charge is 2.28. The van der Waals surface area contributed by atoms with Crippen LogP contribution in [0.15, 0.2) is 41.3 Å². The smallest absolute Gasteiger partial charge is 0.178 e. The maximum absolute atomic E-state index is 5.96. The Labute approximate surface area is 118 Å². The zero-order valence-corrected chi connectivity index (χ0v) is 11.4. The number of nitrogens with zero attached hydrogens (tertiary/aromatic N) is 4. The first kappa shape index (κ1) is 11.3. The van der Waals surface area contributed by atoms with Crippen molar-refractivity contribution < 1.29 is 0 Å². The molecule has 19 heavy (non-hydrogen) atoms. The molecule has 94 valence electrons. The van der Waals surface area contributed by atoms with Crippen LogP contribution in [-0.4, -0.2) is 25.6 Å². The van der Waals surface area contributed by atoms with E-state index in [1.807, 2.05) is 17.8 Å². The zero-order chi connectivity index (χ0) is 12.8. The van der Waals surface area contributed by atoms with Crippen LogP contribution in [0.1, 0.15) is 17.3 Å². The van der Waals surface area contributed by atoms with Crippen molar-refractivity contribution in [2.24, 2.45) is 0 Å². The fourth-order valence-electron chi connectivity index (χ4n) is 2.38. The summed E-state index contributed by atoms with van der Waals surface area (Å²) in [5.41, 5.74) is 2.03. The summed E-state index contributed by atoms with van der Waals surface area (Å²) in [7, 11) is 0. The summed E-state index contributed by atoms with van der Waals surface area (Å²) >= 11 is 7.81. The molecule has 3 aromatic rings. The molecule has 0 amide bonds. The maximum Gasteiger partial charge on any atom is 0.178 e. The number of benzene rings is 1. The van der Waals surface area contributed by atoms with Gasteiger partial charge in [-0.3, -0.25) is 0 Å². The Hall–Kier alpha value is -1.59. The van der Waals surface area contributed by atoms with E-state index in [4.69, 9.17) is 11.6 Å². The molecule has 1 aromatic carbocycles. The molecule has 1 aliphatic rings. The average Bonchev–Trinajstić information content (AvgIpc) is 3.01. The van der Waals surface area contributed by atoms with Gasteiger partial charge in [-0.05, 0) is 23.8 Å². The van der Waals surface area contributed by atoms with Crippen LogP contribution in [0.4, 0.5) is 0 Å². The molecule has 0 fully saturated rings. The molecule has 0 spiro atoms. The van der Waals surface area contributed by atoms with Gasteiger partial charge in [0.15, 0.2) is 11.5 Å². The second-order valence-corrected chi connectivity index (χ2v) is 5.83. The van der Waals surface area contributed by atoms with Crippen molar-refractivity contribution >= 4 is 29.0 Å². The molecule has 6 heteroatoms. The van der Waals surface area contributed by atoms with E-state index < -0.39 is 0 Å². The van der Waals surface area contributed by atoms with Crippen molar-refractivity contribution in [3.8, 4) is 0 Å². The number of hydrogen-bond donors (Lipinski definition) is 0. The number of aromatic nitrogens is 4. The average molecular weight is 289 g/mol. The molecule has 3 heterocycles. The predicted octanol–water partition coefficient (Wildman–Crippen LogP) is 3.02. The lowest BCUT2D eigenvalue weighted by Crippen LogP contribution is -2.07. The van der Waals surface area contributed by atoms with Crippen molar-refractivity contribution in [3.05, 3.63) is 52.9 Å². The Bertz CT molecular complexity index is 770. The van der Waals surface area contributed by atoms with E-state index in [2.05, 4.69) is 39.6 Å². The minimum atomic E-state index is 0.224. The topological polar surface area (TPSA) is 43.1 Å². The standard InChI is InChI=1S/C13H9ClN4S/c14-11-5-6-12-15-16-13(18(12)17-11)9-7-19-10-4-2-1-3-8(9)10/h1-6,9H,7H2. The van der Waals surface area contributed by atoms with E-state index in [-0.39, 0.29) is 5.92 Å². The van der Waals surface area contributed by atoms with Crippen LogP contribution in [-0.2, 0) is 0 Å². The quantitative estimate of drug-likeness (QED) is 0.690. The van der Waals surface area contributed by atoms with Crippen LogP contribution in [0.2, 0.25) is 5.15 Å². The monoisotopic (exact) mass is 288 g/mol. The van der Waals surface area contributed by atoms with Crippen LogP contribution in [0.25, 0.3) is 5.65 Å². The van der Waals surface area contributed by atoms with Gasteiger partial charge in [-0.1, -0.05) is 29.8 Å². The Kier molecular flexibility index (Phi) is 2.50. The van der Waals surface area contributed by atoms with Crippen LogP contribution in [0, 0.1) is 0 Å². The summed E-state index contributed by atoms with van der Waals surface area (Å²) in [6.07, 6.45) is 0. The summed E-state index contributed by atoms with van der Waals surface area (Å²) in [4.78, 5) is 1.31. The van der Waals surface area contributed by atoms with Gasteiger partial charge in [0.1, 0.15) is 5.15 Å². The third-order valence-electron chi connectivity index (χ3n) is 3.27. The molecular weight excluding hydrogens is 280 g/mol. The van der Waals surface area contributed by atoms with Crippen molar-refractivity contribution in [3.63, 3.8) is 0 Å². The fourth-order valence-corrected chi connectivity index (χ4v) is 3.74. The molecule has 1 atom stereocenters. The predicted molar refractivity (Wildman–Crippen MR) is 74.8 cm³/mol. The summed E-state index contributed by atoms with van der Waals surface area (Å²) in [5, 5.41) is 13.2. The Morgan fingerprint density at radius 3 is 3.00 bits per heavy atom. The van der Waals surface area contributed by atoms with Crippen molar-refractivity contribution in [2.75, 3.05) is 5.75 Å². The molecule has 0 saturated carbocycles. The van der Waals surface area contributed by atoms with E-state index in [1.165, 1.54) is 10.5 Å². The lowest BCUT2D eigenvalue weighted by Gasteiger charge is -2.07. The van der Waals surface area contributed by atoms with E-state index in [1.54, 1.807) is 10.6 Å². The number of halogens is 1. The zero-order valence-electron chi connectivity index (χ0n) is 9.82. The number of rotatable bonds is 1. The lowest BCUT2D eigenvalue weighted by atomic mass is 10.0. The van der Waals surface area contributed by atoms with Gasteiger partial charge >= 0.3 is 0 Å². The molecule has 0 aliphatic carbocycles. The molecule has 1 aliphatic heterocycles. The van der Waals surface area contributed by atoms with Crippen molar-refractivity contribution in [1.29, 1.82) is 0 Å². The van der Waals surface area contributed by atoms with Gasteiger partial charge < -0.3 is 0 Å². The van der Waals surface area contributed by atoms with Crippen LogP contribution in [0.3, 0.4) is 0 Å². The second-order valence-electron chi connectivity index (χ2n) is 4.39. The van der Waals surface area contributed by atoms with Crippen LogP contribution in [0.5, 0.6) is 0 Å². The third kappa shape index (κ3) is 1.73. The van der Waals surface area contributed by atoms with Gasteiger partial charge in [0, 0.05) is 10.6 Å². The maximum atomic E-state index is 5.96. The Morgan fingerprint density at radius 2 is 2.05 bits per heavy atom. The van der Waals surface area contributed by atoms with E-state index in [9.17, 15) is 0 Å². The first-order chi connectivity index (χ1) is 9.33. The minimum absolute atomic E-state index is 0.224. The summed E-state index contributed by atoms with van der Waals surface area (Å²) in [6, 6.07) is 12.0. The third-order valence-corrected chi connectivity index (χ3v) is 4.65. The van der Waals surface area contributed by atoms with Crippen molar-refractivity contribution in [1.82, 2.24) is 19.8 Å². The van der Waals surface area contributed by atoms with Gasteiger partial charge in [-0.2, -0.15) is 9.61 Å². The lowest BCUT2D eigenvalue weighted by molar-refractivity contribution is 0.758. The van der Waals surface area contributed by atoms with Gasteiger partial charge in [0.2, 0.25) is 0 Å². The normalized spacial score (nSPS) is 17.8. The molecule has 0 bridgehead atoms. The summed E-state index contributed by atoms with van der Waals surface area (Å²) < 4.78 is 1.75. The Morgan fingerprint density at radius 1 is 1.16 bits per heavy atom. The number of thioether (sulfide) groups is 1. The number of fused-ring (bicyclic) bond motifs is 2. The molecule has 2 aromatic heterocycles. The first-order valence-corrected chi connectivity index (χ1v) is 7.29. The van der Waals surface area contributed by atoms with Crippen molar-refractivity contribution in [2.45, 2.75) is 10.8 Å². The SMILES string of the molecule is Clc1ccc2nnc(C3CSc4ccccc43)n2n1. The molecule has 0 radical (unpaired) electrons. The molecule has 1 unspecified atom stereocenters. The molecule has 0 saturated heterocycles. The highest BCUT2D eigenvalue weighted by atomic mass is 35.5. The van der Waals surface area contributed by atoms with Gasteiger partial charge in [-0.25, -0.2) is 0 Å². The molecular formula is C13H9ClN4S. The summed E-state index contributed by atoms with van der Waals surface area (Å²) in [6.45, 7) is 0. The first-order valence-electron chi connectivity index (χ1n) is 5.92. The molecule has 4 nitrogen and oxygen atoms in total. The second kappa shape index (κ2) is 4.21. The summed E-state index contributed by atoms with van der Waals surface area (Å²) in [5.74, 6) is 2.05. The van der Waals surface area contributed by atoms with Gasteiger partial charge in [0.25, 0.3) is 0 Å². The van der Waals surface area contributed by atoms with E-state index in [0.29, 0.717) is 5.15 Å². The molecule has 4 rings (SSSR count). The van der Waals surface area contributed by atoms with Crippen LogP contribution >= 0.6 is 23.4 Å². The fraction of sp³-hybridized carbons (Fsp3) is 0.154. The van der Waals surface area contributed by atoms with Gasteiger partial charge in [-0.15, -0.1) is 22.0 Å². The van der Waals surface area contributed by atoms with Crippen LogP contribution < -0.4 is 0 Å². The highest BCUT2D eigenvalue weighted by Crippen LogP contribution is 2.42. The Balaban J connectivity index is 1.90. The van der Waals surface area contributed by atoms with E-state index in [0.717, 1.165) is 17.2 Å².